The Hall–Kier alpha value is -2.46. The Morgan fingerprint density at radius 1 is 0.950 bits per heavy atom. The van der Waals surface area contributed by atoms with Crippen molar-refractivity contribution in [3.63, 3.8) is 0 Å². The van der Waals surface area contributed by atoms with E-state index in [4.69, 9.17) is 12.2 Å². The molecule has 4 heteroatoms. The molecule has 0 aliphatic heterocycles. The Kier molecular flexibility index (Phi) is 5.03. The number of ketones is 1. The first-order valence-electron chi connectivity index (χ1n) is 6.14. The molecule has 0 atom stereocenters. The van der Waals surface area contributed by atoms with Gasteiger partial charge in [0.2, 0.25) is 0 Å². The molecular weight excluding hydrogens is 268 g/mol. The van der Waals surface area contributed by atoms with Gasteiger partial charge in [0, 0.05) is 23.5 Å². The molecule has 0 heterocycles. The zero-order valence-corrected chi connectivity index (χ0v) is 11.6. The SMILES string of the molecule is O=C(/C=C\NC(=S)Nc1ccccc1)c1ccccc1. The van der Waals surface area contributed by atoms with Crippen LogP contribution in [0.15, 0.2) is 72.9 Å². The molecule has 0 aliphatic carbocycles. The zero-order chi connectivity index (χ0) is 14.2. The van der Waals surface area contributed by atoms with E-state index >= 15 is 0 Å². The summed E-state index contributed by atoms with van der Waals surface area (Å²) in [6.07, 6.45) is 2.99. The van der Waals surface area contributed by atoms with Crippen molar-refractivity contribution < 1.29 is 4.79 Å². The van der Waals surface area contributed by atoms with Crippen LogP contribution in [0.2, 0.25) is 0 Å². The van der Waals surface area contributed by atoms with Gasteiger partial charge in [-0.2, -0.15) is 0 Å². The molecule has 20 heavy (non-hydrogen) atoms. The van der Waals surface area contributed by atoms with Gasteiger partial charge in [-0.3, -0.25) is 4.79 Å². The highest BCUT2D eigenvalue weighted by molar-refractivity contribution is 7.80. The smallest absolute Gasteiger partial charge is 0.187 e. The molecule has 0 bridgehead atoms. The van der Waals surface area contributed by atoms with Gasteiger partial charge in [0.25, 0.3) is 0 Å². The van der Waals surface area contributed by atoms with Crippen LogP contribution in [0.1, 0.15) is 10.4 Å². The van der Waals surface area contributed by atoms with Gasteiger partial charge in [-0.25, -0.2) is 0 Å². The van der Waals surface area contributed by atoms with Crippen LogP contribution in [0.25, 0.3) is 0 Å². The number of carbonyl (C=O) groups excluding carboxylic acids is 1. The summed E-state index contributed by atoms with van der Waals surface area (Å²) in [5.74, 6) is -0.0689. The summed E-state index contributed by atoms with van der Waals surface area (Å²) in [6, 6.07) is 18.7. The Balaban J connectivity index is 1.84. The first-order chi connectivity index (χ1) is 9.75. The molecule has 2 aromatic carbocycles. The molecule has 100 valence electrons. The minimum atomic E-state index is -0.0689. The molecule has 2 aromatic rings. The van der Waals surface area contributed by atoms with Crippen molar-refractivity contribution in [1.82, 2.24) is 5.32 Å². The van der Waals surface area contributed by atoms with Crippen molar-refractivity contribution in [2.24, 2.45) is 0 Å². The van der Waals surface area contributed by atoms with Gasteiger partial charge in [-0.05, 0) is 24.4 Å². The van der Waals surface area contributed by atoms with Crippen LogP contribution in [0.4, 0.5) is 5.69 Å². The third kappa shape index (κ3) is 4.33. The minimum absolute atomic E-state index is 0.0689. The number of anilines is 1. The fourth-order valence-corrected chi connectivity index (χ4v) is 1.77. The van der Waals surface area contributed by atoms with Crippen LogP contribution in [0.5, 0.6) is 0 Å². The molecule has 0 radical (unpaired) electrons. The highest BCUT2D eigenvalue weighted by atomic mass is 32.1. The molecule has 0 amide bonds. The van der Waals surface area contributed by atoms with Gasteiger partial charge in [-0.15, -0.1) is 0 Å². The third-order valence-electron chi connectivity index (χ3n) is 2.54. The molecule has 0 fully saturated rings. The van der Waals surface area contributed by atoms with Crippen LogP contribution in [0.3, 0.4) is 0 Å². The highest BCUT2D eigenvalue weighted by Crippen LogP contribution is 2.04. The highest BCUT2D eigenvalue weighted by Gasteiger charge is 1.99. The maximum absolute atomic E-state index is 11.8. The summed E-state index contributed by atoms with van der Waals surface area (Å²) >= 11 is 5.12. The molecule has 0 saturated carbocycles. The lowest BCUT2D eigenvalue weighted by Gasteiger charge is -2.06. The second kappa shape index (κ2) is 7.21. The van der Waals surface area contributed by atoms with Crippen LogP contribution >= 0.6 is 12.2 Å². The van der Waals surface area contributed by atoms with E-state index < -0.39 is 0 Å². The number of carbonyl (C=O) groups is 1. The van der Waals surface area contributed by atoms with Gasteiger partial charge in [-0.1, -0.05) is 48.5 Å². The summed E-state index contributed by atoms with van der Waals surface area (Å²) in [5.41, 5.74) is 1.54. The van der Waals surface area contributed by atoms with E-state index in [-0.39, 0.29) is 5.78 Å². The first-order valence-corrected chi connectivity index (χ1v) is 6.55. The van der Waals surface area contributed by atoms with Crippen molar-refractivity contribution in [1.29, 1.82) is 0 Å². The van der Waals surface area contributed by atoms with Gasteiger partial charge in [0.15, 0.2) is 10.9 Å². The van der Waals surface area contributed by atoms with Crippen LogP contribution in [0, 0.1) is 0 Å². The number of allylic oxidation sites excluding steroid dienone is 1. The predicted molar refractivity (Wildman–Crippen MR) is 85.7 cm³/mol. The Bertz CT molecular complexity index is 609. The molecule has 0 aromatic heterocycles. The number of nitrogens with one attached hydrogen (secondary N) is 2. The number of para-hydroxylation sites is 1. The average Bonchev–Trinajstić information content (AvgIpc) is 2.49. The quantitative estimate of drug-likeness (QED) is 0.512. The Labute approximate surface area is 123 Å². The Morgan fingerprint density at radius 3 is 2.20 bits per heavy atom. The second-order valence-corrected chi connectivity index (χ2v) is 4.44. The van der Waals surface area contributed by atoms with Gasteiger partial charge in [0.1, 0.15) is 0 Å². The number of hydrogen-bond donors (Lipinski definition) is 2. The lowest BCUT2D eigenvalue weighted by atomic mass is 10.1. The zero-order valence-electron chi connectivity index (χ0n) is 10.7. The molecule has 0 saturated heterocycles. The van der Waals surface area contributed by atoms with Gasteiger partial charge < -0.3 is 10.6 Å². The molecule has 3 nitrogen and oxygen atoms in total. The second-order valence-electron chi connectivity index (χ2n) is 4.03. The van der Waals surface area contributed by atoms with Crippen LogP contribution < -0.4 is 10.6 Å². The molecule has 2 rings (SSSR count). The van der Waals surface area contributed by atoms with Crippen molar-refractivity contribution >= 4 is 28.8 Å². The van der Waals surface area contributed by atoms with Crippen LogP contribution in [-0.2, 0) is 0 Å². The maximum atomic E-state index is 11.8. The number of thiocarbonyl (C=S) groups is 1. The lowest BCUT2D eigenvalue weighted by molar-refractivity contribution is 0.104. The van der Waals surface area contributed by atoms with Crippen molar-refractivity contribution in [2.75, 3.05) is 5.32 Å². The van der Waals surface area contributed by atoms with Gasteiger partial charge in [0.05, 0.1) is 0 Å². The van der Waals surface area contributed by atoms with Crippen molar-refractivity contribution in [3.8, 4) is 0 Å². The summed E-state index contributed by atoms with van der Waals surface area (Å²) in [4.78, 5) is 11.8. The lowest BCUT2D eigenvalue weighted by Crippen LogP contribution is -2.23. The monoisotopic (exact) mass is 282 g/mol. The summed E-state index contributed by atoms with van der Waals surface area (Å²) in [6.45, 7) is 0. The average molecular weight is 282 g/mol. The van der Waals surface area contributed by atoms with Crippen molar-refractivity contribution in [2.45, 2.75) is 0 Å². The third-order valence-corrected chi connectivity index (χ3v) is 2.76. The number of benzene rings is 2. The minimum Gasteiger partial charge on any atom is -0.339 e. The summed E-state index contributed by atoms with van der Waals surface area (Å²) in [7, 11) is 0. The van der Waals surface area contributed by atoms with E-state index in [1.807, 2.05) is 48.5 Å². The topological polar surface area (TPSA) is 41.1 Å². The normalized spacial score (nSPS) is 10.2. The fraction of sp³-hybridized carbons (Fsp3) is 0. The molecular formula is C16H14N2OS. The van der Waals surface area contributed by atoms with E-state index in [2.05, 4.69) is 10.6 Å². The van der Waals surface area contributed by atoms with Crippen LogP contribution in [-0.4, -0.2) is 10.9 Å². The standard InChI is InChI=1S/C16H14N2OS/c19-15(13-7-3-1-4-8-13)11-12-17-16(20)18-14-9-5-2-6-10-14/h1-12H,(H2,17,18,20)/b12-11-. The maximum Gasteiger partial charge on any atom is 0.187 e. The van der Waals surface area contributed by atoms with Gasteiger partial charge >= 0.3 is 0 Å². The van der Waals surface area contributed by atoms with E-state index in [1.54, 1.807) is 12.1 Å². The molecule has 2 N–H and O–H groups in total. The van der Waals surface area contributed by atoms with Crippen molar-refractivity contribution in [3.05, 3.63) is 78.5 Å². The Morgan fingerprint density at radius 2 is 1.55 bits per heavy atom. The van der Waals surface area contributed by atoms with E-state index in [9.17, 15) is 4.79 Å². The van der Waals surface area contributed by atoms with E-state index in [0.29, 0.717) is 10.7 Å². The van der Waals surface area contributed by atoms with E-state index in [0.717, 1.165) is 5.69 Å². The summed E-state index contributed by atoms with van der Waals surface area (Å²) in [5, 5.41) is 6.30. The summed E-state index contributed by atoms with van der Waals surface area (Å²) < 4.78 is 0. The number of rotatable bonds is 4. The molecule has 0 unspecified atom stereocenters. The predicted octanol–water partition coefficient (Wildman–Crippen LogP) is 3.37. The van der Waals surface area contributed by atoms with E-state index in [1.165, 1.54) is 12.3 Å². The molecule has 0 aliphatic rings. The first kappa shape index (κ1) is 14.0. The fourth-order valence-electron chi connectivity index (χ4n) is 1.58. The molecule has 0 spiro atoms. The largest absolute Gasteiger partial charge is 0.339 e. The number of hydrogen-bond acceptors (Lipinski definition) is 2.